The topological polar surface area (TPSA) is 37.3 Å². The van der Waals surface area contributed by atoms with Crippen molar-refractivity contribution in [3.05, 3.63) is 63.1 Å². The van der Waals surface area contributed by atoms with E-state index in [-0.39, 0.29) is 17.5 Å². The van der Waals surface area contributed by atoms with Gasteiger partial charge in [0.25, 0.3) is 0 Å². The van der Waals surface area contributed by atoms with Gasteiger partial charge in [-0.15, -0.1) is 0 Å². The molecule has 3 rings (SSSR count). The van der Waals surface area contributed by atoms with Gasteiger partial charge in [-0.05, 0) is 45.6 Å². The molecular weight excluding hydrogens is 304 g/mol. The van der Waals surface area contributed by atoms with Gasteiger partial charge >= 0.3 is 0 Å². The summed E-state index contributed by atoms with van der Waals surface area (Å²) >= 11 is 3.30. The number of aromatic hydroxyl groups is 1. The summed E-state index contributed by atoms with van der Waals surface area (Å²) in [7, 11) is 0. The minimum absolute atomic E-state index is 0.0192. The number of benzene rings is 2. The Kier molecular flexibility index (Phi) is 2.94. The number of hydrogen-bond donors (Lipinski definition) is 1. The average Bonchev–Trinajstić information content (AvgIpc) is 2.75. The number of ketones is 1. The molecule has 0 saturated heterocycles. The van der Waals surface area contributed by atoms with Crippen LogP contribution in [0.15, 0.2) is 40.9 Å². The molecule has 0 amide bonds. The molecule has 1 aliphatic carbocycles. The molecule has 19 heavy (non-hydrogen) atoms. The van der Waals surface area contributed by atoms with Gasteiger partial charge in [0, 0.05) is 12.3 Å². The Balaban J connectivity index is 2.23. The summed E-state index contributed by atoms with van der Waals surface area (Å²) in [4.78, 5) is 12.2. The van der Waals surface area contributed by atoms with Gasteiger partial charge in [0.2, 0.25) is 0 Å². The van der Waals surface area contributed by atoms with E-state index in [1.807, 2.05) is 43.3 Å². The van der Waals surface area contributed by atoms with Crippen molar-refractivity contribution in [3.63, 3.8) is 0 Å². The minimum atomic E-state index is 0.0192. The monoisotopic (exact) mass is 316 g/mol. The van der Waals surface area contributed by atoms with Crippen LogP contribution in [0, 0.1) is 6.92 Å². The van der Waals surface area contributed by atoms with Gasteiger partial charge in [-0.2, -0.15) is 0 Å². The summed E-state index contributed by atoms with van der Waals surface area (Å²) in [5.74, 6) is 0.150. The number of fused-ring (bicyclic) bond motifs is 1. The van der Waals surface area contributed by atoms with Crippen LogP contribution in [0.4, 0.5) is 0 Å². The van der Waals surface area contributed by atoms with E-state index in [0.717, 1.165) is 16.7 Å². The lowest BCUT2D eigenvalue weighted by atomic mass is 9.90. The maximum Gasteiger partial charge on any atom is 0.167 e. The highest BCUT2D eigenvalue weighted by Gasteiger charge is 2.35. The molecule has 0 saturated carbocycles. The molecule has 2 nitrogen and oxygen atoms in total. The first-order valence-corrected chi connectivity index (χ1v) is 6.99. The minimum Gasteiger partial charge on any atom is -0.506 e. The van der Waals surface area contributed by atoms with E-state index in [1.54, 1.807) is 0 Å². The molecule has 0 radical (unpaired) electrons. The third-order valence-corrected chi connectivity index (χ3v) is 4.32. The quantitative estimate of drug-likeness (QED) is 0.856. The smallest absolute Gasteiger partial charge is 0.167 e. The molecule has 1 aliphatic rings. The van der Waals surface area contributed by atoms with Crippen molar-refractivity contribution in [1.29, 1.82) is 0 Å². The van der Waals surface area contributed by atoms with Crippen molar-refractivity contribution >= 4 is 21.7 Å². The van der Waals surface area contributed by atoms with Crippen LogP contribution in [-0.4, -0.2) is 10.9 Å². The zero-order valence-corrected chi connectivity index (χ0v) is 12.1. The molecule has 1 unspecified atom stereocenters. The summed E-state index contributed by atoms with van der Waals surface area (Å²) in [6.07, 6.45) is 0.435. The number of rotatable bonds is 1. The van der Waals surface area contributed by atoms with Gasteiger partial charge in [-0.25, -0.2) is 0 Å². The number of hydrogen-bond acceptors (Lipinski definition) is 2. The van der Waals surface area contributed by atoms with E-state index in [2.05, 4.69) is 15.9 Å². The first-order chi connectivity index (χ1) is 9.09. The predicted octanol–water partition coefficient (Wildman–Crippen LogP) is 4.18. The van der Waals surface area contributed by atoms with Crippen molar-refractivity contribution in [2.24, 2.45) is 0 Å². The summed E-state index contributed by atoms with van der Waals surface area (Å²) in [6.45, 7) is 1.98. The Bertz CT molecular complexity index is 662. The molecule has 0 fully saturated rings. The summed E-state index contributed by atoms with van der Waals surface area (Å²) in [5, 5.41) is 10.1. The second kappa shape index (κ2) is 4.49. The maximum atomic E-state index is 12.2. The lowest BCUT2D eigenvalue weighted by Gasteiger charge is -2.15. The Morgan fingerprint density at radius 2 is 1.95 bits per heavy atom. The van der Waals surface area contributed by atoms with Crippen molar-refractivity contribution in [2.75, 3.05) is 0 Å². The molecule has 0 aliphatic heterocycles. The summed E-state index contributed by atoms with van der Waals surface area (Å²) < 4.78 is 0.589. The zero-order valence-electron chi connectivity index (χ0n) is 10.5. The van der Waals surface area contributed by atoms with Crippen LogP contribution in [0.3, 0.4) is 0 Å². The van der Waals surface area contributed by atoms with Crippen molar-refractivity contribution < 1.29 is 9.90 Å². The number of halogens is 1. The standard InChI is InChI=1S/C16H13BrO2/c1-9-7-12(17)16(19)15-13(18)8-11(14(9)15)10-5-3-2-4-6-10/h2-7,11,19H,8H2,1H3. The SMILES string of the molecule is Cc1cc(Br)c(O)c2c1C(c1ccccc1)CC2=O. The molecule has 2 aromatic rings. The van der Waals surface area contributed by atoms with E-state index in [9.17, 15) is 9.90 Å². The number of Topliss-reactive ketones (excluding diaryl/α,β-unsaturated/α-hetero) is 1. The lowest BCUT2D eigenvalue weighted by Crippen LogP contribution is -1.98. The van der Waals surface area contributed by atoms with Crippen LogP contribution >= 0.6 is 15.9 Å². The second-order valence-electron chi connectivity index (χ2n) is 4.90. The van der Waals surface area contributed by atoms with Gasteiger partial charge in [-0.1, -0.05) is 30.3 Å². The lowest BCUT2D eigenvalue weighted by molar-refractivity contribution is 0.0989. The predicted molar refractivity (Wildman–Crippen MR) is 77.8 cm³/mol. The fourth-order valence-corrected chi connectivity index (χ4v) is 3.41. The van der Waals surface area contributed by atoms with Gasteiger partial charge in [0.1, 0.15) is 5.75 Å². The largest absolute Gasteiger partial charge is 0.506 e. The van der Waals surface area contributed by atoms with Crippen molar-refractivity contribution in [2.45, 2.75) is 19.3 Å². The van der Waals surface area contributed by atoms with Crippen LogP contribution in [-0.2, 0) is 0 Å². The molecule has 3 heteroatoms. The summed E-state index contributed by atoms with van der Waals surface area (Å²) in [6, 6.07) is 11.9. The Labute approximate surface area is 120 Å². The van der Waals surface area contributed by atoms with E-state index in [1.165, 1.54) is 0 Å². The molecule has 0 heterocycles. The fourth-order valence-electron chi connectivity index (χ4n) is 2.87. The molecule has 0 spiro atoms. The molecule has 0 aromatic heterocycles. The molecule has 0 bridgehead atoms. The highest BCUT2D eigenvalue weighted by Crippen LogP contribution is 2.46. The highest BCUT2D eigenvalue weighted by atomic mass is 79.9. The van der Waals surface area contributed by atoms with Crippen molar-refractivity contribution in [3.8, 4) is 5.75 Å². The first-order valence-electron chi connectivity index (χ1n) is 6.19. The van der Waals surface area contributed by atoms with E-state index in [0.29, 0.717) is 16.5 Å². The maximum absolute atomic E-state index is 12.2. The molecular formula is C16H13BrO2. The number of phenols is 1. The van der Waals surface area contributed by atoms with Crippen LogP contribution in [0.1, 0.15) is 39.4 Å². The van der Waals surface area contributed by atoms with Crippen LogP contribution in [0.2, 0.25) is 0 Å². The van der Waals surface area contributed by atoms with E-state index < -0.39 is 0 Å². The number of carbonyl (C=O) groups is 1. The molecule has 1 atom stereocenters. The molecule has 96 valence electrons. The van der Waals surface area contributed by atoms with Crippen molar-refractivity contribution in [1.82, 2.24) is 0 Å². The van der Waals surface area contributed by atoms with E-state index >= 15 is 0 Å². The second-order valence-corrected chi connectivity index (χ2v) is 5.76. The number of carbonyl (C=O) groups excluding carboxylic acids is 1. The van der Waals surface area contributed by atoms with Crippen LogP contribution in [0.25, 0.3) is 0 Å². The Morgan fingerprint density at radius 3 is 2.63 bits per heavy atom. The normalized spacial score (nSPS) is 17.6. The molecule has 1 N–H and O–H groups in total. The van der Waals surface area contributed by atoms with Gasteiger partial charge in [0.05, 0.1) is 10.0 Å². The van der Waals surface area contributed by atoms with Crippen LogP contribution < -0.4 is 0 Å². The van der Waals surface area contributed by atoms with Gasteiger partial charge in [0.15, 0.2) is 5.78 Å². The molecule has 2 aromatic carbocycles. The fraction of sp³-hybridized carbons (Fsp3) is 0.188. The number of aryl methyl sites for hydroxylation is 1. The highest BCUT2D eigenvalue weighted by molar-refractivity contribution is 9.10. The van der Waals surface area contributed by atoms with Gasteiger partial charge < -0.3 is 5.11 Å². The van der Waals surface area contributed by atoms with Gasteiger partial charge in [-0.3, -0.25) is 4.79 Å². The third-order valence-electron chi connectivity index (χ3n) is 3.72. The van der Waals surface area contributed by atoms with E-state index in [4.69, 9.17) is 0 Å². The summed E-state index contributed by atoms with van der Waals surface area (Å²) in [5.41, 5.74) is 3.62. The Morgan fingerprint density at radius 1 is 1.26 bits per heavy atom. The third kappa shape index (κ3) is 1.89. The Hall–Kier alpha value is -1.61. The zero-order chi connectivity index (χ0) is 13.6. The first kappa shape index (κ1) is 12.4. The van der Waals surface area contributed by atoms with Crippen LogP contribution in [0.5, 0.6) is 5.75 Å². The average molecular weight is 317 g/mol. The number of phenolic OH excluding ortho intramolecular Hbond substituents is 1.